The molecule has 4 aliphatic rings. The van der Waals surface area contributed by atoms with Gasteiger partial charge in [0.25, 0.3) is 0 Å². The first-order chi connectivity index (χ1) is 17.1. The lowest BCUT2D eigenvalue weighted by Crippen LogP contribution is -2.62. The van der Waals surface area contributed by atoms with Gasteiger partial charge in [0.2, 0.25) is 5.78 Å². The molecule has 0 amide bonds. The van der Waals surface area contributed by atoms with Gasteiger partial charge in [0.05, 0.1) is 11.3 Å². The van der Waals surface area contributed by atoms with E-state index in [2.05, 4.69) is 29.3 Å². The number of allylic oxidation sites excluding steroid dienone is 1. The Labute approximate surface area is 218 Å². The maximum atomic E-state index is 13.3. The van der Waals surface area contributed by atoms with Gasteiger partial charge >= 0.3 is 5.97 Å². The van der Waals surface area contributed by atoms with Crippen molar-refractivity contribution >= 4 is 34.9 Å². The summed E-state index contributed by atoms with van der Waals surface area (Å²) in [5.41, 5.74) is -1.46. The van der Waals surface area contributed by atoms with Gasteiger partial charge in [0.1, 0.15) is 5.60 Å². The second-order valence-electron chi connectivity index (χ2n) is 11.8. The topological polar surface area (TPSA) is 113 Å². The van der Waals surface area contributed by atoms with E-state index in [1.807, 2.05) is 6.92 Å². The van der Waals surface area contributed by atoms with Gasteiger partial charge in [0, 0.05) is 24.8 Å². The number of esters is 1. The molecule has 8 heteroatoms. The number of rotatable bonds is 9. The predicted octanol–water partition coefficient (Wildman–Crippen LogP) is 4.00. The van der Waals surface area contributed by atoms with Crippen molar-refractivity contribution in [3.05, 3.63) is 11.6 Å². The molecule has 0 radical (unpaired) electrons. The average molecular weight is 518 g/mol. The minimum Gasteiger partial charge on any atom is -0.458 e. The number of ether oxygens (including phenoxy) is 1. The summed E-state index contributed by atoms with van der Waals surface area (Å²) < 4.78 is 5.26. The molecule has 36 heavy (non-hydrogen) atoms. The Morgan fingerprint density at radius 1 is 1.19 bits per heavy atom. The van der Waals surface area contributed by atoms with E-state index in [1.165, 1.54) is 0 Å². The Morgan fingerprint density at radius 2 is 1.97 bits per heavy atom. The number of aliphatic hydroxyl groups excluding tert-OH is 1. The van der Waals surface area contributed by atoms with Crippen LogP contribution in [-0.4, -0.2) is 57.8 Å². The number of unbranched alkanes of at least 4 members (excludes halogenated alkanes) is 2. The molecule has 7 atom stereocenters. The summed E-state index contributed by atoms with van der Waals surface area (Å²) in [4.78, 5) is 41.4. The maximum Gasteiger partial charge on any atom is 0.306 e. The summed E-state index contributed by atoms with van der Waals surface area (Å²) in [5.74, 6) is -0.434. The van der Waals surface area contributed by atoms with Gasteiger partial charge in [-0.2, -0.15) is 0 Å². The molecule has 0 unspecified atom stereocenters. The van der Waals surface area contributed by atoms with Gasteiger partial charge in [0.15, 0.2) is 12.4 Å². The lowest BCUT2D eigenvalue weighted by atomic mass is 9.45. The van der Waals surface area contributed by atoms with Gasteiger partial charge in [-0.3, -0.25) is 14.4 Å². The van der Waals surface area contributed by atoms with Crippen LogP contribution in [-0.2, 0) is 19.1 Å². The van der Waals surface area contributed by atoms with Gasteiger partial charge < -0.3 is 14.9 Å². The Hall–Kier alpha value is -1.73. The van der Waals surface area contributed by atoms with E-state index in [1.54, 1.807) is 6.08 Å². The van der Waals surface area contributed by atoms with Crippen LogP contribution >= 0.6 is 12.2 Å². The third-order valence-corrected chi connectivity index (χ3v) is 10.2. The van der Waals surface area contributed by atoms with Gasteiger partial charge in [-0.05, 0) is 92.8 Å². The van der Waals surface area contributed by atoms with E-state index in [4.69, 9.17) is 4.74 Å². The standard InChI is InChI=1S/C28H39NO6S/c1-26-11-9-19(30)14-18(26)7-8-20-21-10-12-28(34,27(21,2)15-22(31)25(20)26)23(32)16-35-24(33)6-4-3-5-13-29-17-36/h14,20-22,25,31,34H,3-13,15-16H2,1-2H3/t20-,21-,22-,25+,26-,27-,28-/m0/s1. The number of aliphatic hydroxyl groups is 2. The quantitative estimate of drug-likeness (QED) is 0.206. The summed E-state index contributed by atoms with van der Waals surface area (Å²) in [6.45, 7) is 4.27. The molecule has 0 heterocycles. The molecule has 4 rings (SSSR count). The monoisotopic (exact) mass is 517 g/mol. The highest BCUT2D eigenvalue weighted by Crippen LogP contribution is 2.67. The maximum absolute atomic E-state index is 13.3. The summed E-state index contributed by atoms with van der Waals surface area (Å²) in [5, 5.41) is 25.5. The summed E-state index contributed by atoms with van der Waals surface area (Å²) >= 11 is 4.52. The molecule has 0 aromatic rings. The fraction of sp³-hybridized carbons (Fsp3) is 0.786. The Morgan fingerprint density at radius 3 is 2.72 bits per heavy atom. The summed E-state index contributed by atoms with van der Waals surface area (Å²) in [7, 11) is 0. The third kappa shape index (κ3) is 4.66. The summed E-state index contributed by atoms with van der Waals surface area (Å²) in [6, 6.07) is 0. The number of carbonyl (C=O) groups is 3. The number of Topliss-reactive ketones (excluding diaryl/α,β-unsaturated/α-hetero) is 1. The number of fused-ring (bicyclic) bond motifs is 5. The van der Waals surface area contributed by atoms with Gasteiger partial charge in [-0.15, -0.1) is 0 Å². The van der Waals surface area contributed by atoms with E-state index in [-0.39, 0.29) is 35.4 Å². The highest BCUT2D eigenvalue weighted by atomic mass is 32.1. The normalized spacial score (nSPS) is 39.2. The zero-order valence-corrected chi connectivity index (χ0v) is 22.3. The minimum atomic E-state index is -1.62. The van der Waals surface area contributed by atoms with Gasteiger partial charge in [-0.1, -0.05) is 25.8 Å². The zero-order chi connectivity index (χ0) is 26.1. The van der Waals surface area contributed by atoms with Crippen molar-refractivity contribution < 1.29 is 29.3 Å². The van der Waals surface area contributed by atoms with Crippen LogP contribution in [0.15, 0.2) is 16.6 Å². The molecule has 0 aliphatic heterocycles. The smallest absolute Gasteiger partial charge is 0.306 e. The number of nitrogens with zero attached hydrogens (tertiary/aromatic N) is 1. The Balaban J connectivity index is 1.41. The molecular formula is C28H39NO6S. The first-order valence-corrected chi connectivity index (χ1v) is 13.8. The zero-order valence-electron chi connectivity index (χ0n) is 21.5. The first kappa shape index (κ1) is 27.3. The number of ketones is 2. The number of carbonyl (C=O) groups excluding carboxylic acids is 3. The van der Waals surface area contributed by atoms with Crippen molar-refractivity contribution in [2.45, 2.75) is 96.2 Å². The van der Waals surface area contributed by atoms with E-state index >= 15 is 0 Å². The first-order valence-electron chi connectivity index (χ1n) is 13.4. The molecular weight excluding hydrogens is 478 g/mol. The SMILES string of the molecule is C[C@]12CCC(=O)C=C1CC[C@@H]1[C@@H]2[C@@H](O)C[C@@]2(C)[C@H]1CC[C@]2(O)C(=O)COC(=O)CCCCCN=C=S. The van der Waals surface area contributed by atoms with E-state index in [0.717, 1.165) is 37.7 Å². The molecule has 198 valence electrons. The highest BCUT2D eigenvalue weighted by molar-refractivity contribution is 7.78. The number of aliphatic imine (C=N–C) groups is 1. The van der Waals surface area contributed by atoms with E-state index in [9.17, 15) is 24.6 Å². The van der Waals surface area contributed by atoms with E-state index < -0.39 is 35.5 Å². The predicted molar refractivity (Wildman–Crippen MR) is 137 cm³/mol. The van der Waals surface area contributed by atoms with Crippen LogP contribution in [0.25, 0.3) is 0 Å². The largest absolute Gasteiger partial charge is 0.458 e. The van der Waals surface area contributed by atoms with Crippen LogP contribution in [0.3, 0.4) is 0 Å². The van der Waals surface area contributed by atoms with Crippen LogP contribution in [0.5, 0.6) is 0 Å². The van der Waals surface area contributed by atoms with Crippen molar-refractivity contribution in [2.75, 3.05) is 13.2 Å². The van der Waals surface area contributed by atoms with Crippen molar-refractivity contribution in [3.8, 4) is 0 Å². The van der Waals surface area contributed by atoms with Crippen molar-refractivity contribution in [3.63, 3.8) is 0 Å². The number of hydrogen-bond acceptors (Lipinski definition) is 8. The highest BCUT2D eigenvalue weighted by Gasteiger charge is 2.68. The summed E-state index contributed by atoms with van der Waals surface area (Å²) in [6.07, 6.45) is 7.89. The lowest BCUT2D eigenvalue weighted by molar-refractivity contribution is -0.184. The van der Waals surface area contributed by atoms with Gasteiger partial charge in [-0.25, -0.2) is 4.99 Å². The Bertz CT molecular complexity index is 989. The molecule has 7 nitrogen and oxygen atoms in total. The lowest BCUT2D eigenvalue weighted by Gasteiger charge is -2.60. The minimum absolute atomic E-state index is 0.0219. The molecule has 0 bridgehead atoms. The Kier molecular flexibility index (Phi) is 8.01. The molecule has 3 fully saturated rings. The second-order valence-corrected chi connectivity index (χ2v) is 12.0. The second kappa shape index (κ2) is 10.6. The molecule has 0 aromatic heterocycles. The molecule has 2 N–H and O–H groups in total. The van der Waals surface area contributed by atoms with Crippen LogP contribution in [0.1, 0.15) is 84.5 Å². The molecule has 4 aliphatic carbocycles. The fourth-order valence-corrected chi connectivity index (χ4v) is 8.26. The third-order valence-electron chi connectivity index (χ3n) is 10.1. The van der Waals surface area contributed by atoms with Crippen molar-refractivity contribution in [1.82, 2.24) is 0 Å². The number of hydrogen-bond donors (Lipinski definition) is 2. The van der Waals surface area contributed by atoms with Crippen LogP contribution < -0.4 is 0 Å². The van der Waals surface area contributed by atoms with Crippen LogP contribution in [0.4, 0.5) is 0 Å². The fourth-order valence-electron chi connectivity index (χ4n) is 8.17. The number of isothiocyanates is 1. The van der Waals surface area contributed by atoms with Crippen LogP contribution in [0.2, 0.25) is 0 Å². The number of thiocarbonyl (C=S) groups is 1. The van der Waals surface area contributed by atoms with Crippen LogP contribution in [0, 0.1) is 28.6 Å². The van der Waals surface area contributed by atoms with Crippen molar-refractivity contribution in [1.29, 1.82) is 0 Å². The van der Waals surface area contributed by atoms with E-state index in [0.29, 0.717) is 38.6 Å². The molecule has 0 spiro atoms. The van der Waals surface area contributed by atoms with Crippen molar-refractivity contribution in [2.24, 2.45) is 33.6 Å². The molecule has 0 aromatic carbocycles. The average Bonchev–Trinajstić information content (AvgIpc) is 3.11. The molecule has 3 saturated carbocycles. The molecule has 0 saturated heterocycles.